The zero-order chi connectivity index (χ0) is 19.7. The van der Waals surface area contributed by atoms with Crippen LogP contribution < -0.4 is 0 Å². The van der Waals surface area contributed by atoms with Crippen LogP contribution in [0.5, 0.6) is 0 Å². The van der Waals surface area contributed by atoms with E-state index in [0.717, 1.165) is 5.56 Å². The summed E-state index contributed by atoms with van der Waals surface area (Å²) in [6.07, 6.45) is 1.44. The number of carbonyl (C=O) groups is 1. The normalized spacial score (nSPS) is 14.8. The van der Waals surface area contributed by atoms with Crippen molar-refractivity contribution in [1.29, 1.82) is 0 Å². The Hall–Kier alpha value is -4.07. The molecular weight excluding hydrogens is 362 g/mol. The maximum Gasteiger partial charge on any atom is 0.363 e. The third-order valence-electron chi connectivity index (χ3n) is 4.13. The minimum absolute atomic E-state index is 0.0371. The number of non-ortho nitro benzene ring substituents is 1. The highest BCUT2D eigenvalue weighted by Crippen LogP contribution is 2.29. The number of esters is 1. The van der Waals surface area contributed by atoms with E-state index in [2.05, 4.69) is 10.1 Å². The summed E-state index contributed by atoms with van der Waals surface area (Å²) in [7, 11) is 0. The van der Waals surface area contributed by atoms with Crippen LogP contribution in [0, 0.1) is 17.0 Å². The number of nitrogens with zero attached hydrogens (tertiary/aromatic N) is 3. The summed E-state index contributed by atoms with van der Waals surface area (Å²) in [4.78, 5) is 27.0. The number of nitro benzene ring substituents is 1. The number of hydrogen-bond acceptors (Lipinski definition) is 7. The summed E-state index contributed by atoms with van der Waals surface area (Å²) in [5, 5.41) is 15.0. The Kier molecular flexibility index (Phi) is 4.29. The van der Waals surface area contributed by atoms with Gasteiger partial charge in [-0.2, -0.15) is 0 Å². The van der Waals surface area contributed by atoms with Gasteiger partial charge >= 0.3 is 5.97 Å². The third-order valence-corrected chi connectivity index (χ3v) is 4.13. The molecule has 1 aliphatic rings. The molecular formula is C20H13N3O5. The Morgan fingerprint density at radius 1 is 1.11 bits per heavy atom. The van der Waals surface area contributed by atoms with Crippen molar-refractivity contribution in [2.75, 3.05) is 0 Å². The second-order valence-corrected chi connectivity index (χ2v) is 6.02. The summed E-state index contributed by atoms with van der Waals surface area (Å²) < 4.78 is 10.6. The first-order valence-electron chi connectivity index (χ1n) is 8.32. The van der Waals surface area contributed by atoms with E-state index in [1.165, 1.54) is 24.3 Å². The van der Waals surface area contributed by atoms with Gasteiger partial charge in [0.05, 0.1) is 4.92 Å². The number of cyclic esters (lactones) is 1. The van der Waals surface area contributed by atoms with Gasteiger partial charge in [0.25, 0.3) is 5.69 Å². The maximum absolute atomic E-state index is 12.3. The molecule has 0 fully saturated rings. The van der Waals surface area contributed by atoms with Gasteiger partial charge in [-0.1, -0.05) is 47.6 Å². The quantitative estimate of drug-likeness (QED) is 0.296. The van der Waals surface area contributed by atoms with Crippen molar-refractivity contribution in [2.45, 2.75) is 6.92 Å². The SMILES string of the molecule is Cc1onc(-c2ccccc2)c1C1=N/C(=C\c2cccc([N+](=O)[O-])c2)C(=O)O1. The van der Waals surface area contributed by atoms with Gasteiger partial charge in [0.1, 0.15) is 17.0 Å². The first-order chi connectivity index (χ1) is 13.5. The fourth-order valence-electron chi connectivity index (χ4n) is 2.82. The highest BCUT2D eigenvalue weighted by atomic mass is 16.6. The van der Waals surface area contributed by atoms with Crippen molar-refractivity contribution >= 4 is 23.6 Å². The van der Waals surface area contributed by atoms with E-state index in [0.29, 0.717) is 22.6 Å². The fourth-order valence-corrected chi connectivity index (χ4v) is 2.82. The lowest BCUT2D eigenvalue weighted by molar-refractivity contribution is -0.384. The summed E-state index contributed by atoms with van der Waals surface area (Å²) in [5.74, 6) is -0.109. The molecule has 0 bridgehead atoms. The van der Waals surface area contributed by atoms with Gasteiger partial charge in [-0.15, -0.1) is 0 Å². The predicted molar refractivity (Wildman–Crippen MR) is 100 cm³/mol. The molecule has 0 aliphatic carbocycles. The van der Waals surface area contributed by atoms with E-state index in [1.54, 1.807) is 13.0 Å². The molecule has 0 spiro atoms. The van der Waals surface area contributed by atoms with E-state index in [4.69, 9.17) is 9.26 Å². The molecule has 8 nitrogen and oxygen atoms in total. The number of aromatic nitrogens is 1. The molecule has 3 aromatic rings. The van der Waals surface area contributed by atoms with Crippen molar-refractivity contribution < 1.29 is 19.0 Å². The summed E-state index contributed by atoms with van der Waals surface area (Å²) in [6, 6.07) is 15.2. The number of ether oxygens (including phenoxy) is 1. The van der Waals surface area contributed by atoms with Gasteiger partial charge in [-0.25, -0.2) is 9.79 Å². The maximum atomic E-state index is 12.3. The number of aryl methyl sites for hydroxylation is 1. The van der Waals surface area contributed by atoms with Gasteiger partial charge in [-0.3, -0.25) is 10.1 Å². The predicted octanol–water partition coefficient (Wildman–Crippen LogP) is 3.90. The van der Waals surface area contributed by atoms with Crippen LogP contribution in [0.4, 0.5) is 5.69 Å². The number of aliphatic imine (C=N–C) groups is 1. The molecule has 0 unspecified atom stereocenters. The van der Waals surface area contributed by atoms with Crippen molar-refractivity contribution in [3.8, 4) is 11.3 Å². The molecule has 1 aliphatic heterocycles. The Bertz CT molecular complexity index is 1150. The molecule has 2 heterocycles. The molecule has 28 heavy (non-hydrogen) atoms. The topological polar surface area (TPSA) is 108 Å². The number of benzene rings is 2. The third kappa shape index (κ3) is 3.18. The molecule has 4 rings (SSSR count). The van der Waals surface area contributed by atoms with E-state index in [1.807, 2.05) is 30.3 Å². The molecule has 0 saturated heterocycles. The lowest BCUT2D eigenvalue weighted by Crippen LogP contribution is -2.07. The standard InChI is InChI=1S/C20H13N3O5/c1-12-17(18(22-28-12)14-7-3-2-4-8-14)19-21-16(20(24)27-19)11-13-6-5-9-15(10-13)23(25)26/h2-11H,1H3/b16-11-. The number of rotatable bonds is 4. The lowest BCUT2D eigenvalue weighted by atomic mass is 10.1. The Morgan fingerprint density at radius 3 is 2.64 bits per heavy atom. The van der Waals surface area contributed by atoms with Crippen molar-refractivity contribution in [1.82, 2.24) is 5.16 Å². The first-order valence-corrected chi connectivity index (χ1v) is 8.32. The number of nitro groups is 1. The zero-order valence-electron chi connectivity index (χ0n) is 14.7. The second kappa shape index (κ2) is 6.92. The van der Waals surface area contributed by atoms with Crippen LogP contribution in [0.3, 0.4) is 0 Å². The molecule has 138 valence electrons. The van der Waals surface area contributed by atoms with Gasteiger partial charge in [0.15, 0.2) is 5.70 Å². The minimum atomic E-state index is -0.652. The molecule has 8 heteroatoms. The molecule has 2 aromatic carbocycles. The van der Waals surface area contributed by atoms with E-state index in [-0.39, 0.29) is 17.3 Å². The molecule has 0 atom stereocenters. The average Bonchev–Trinajstić information content (AvgIpc) is 3.25. The zero-order valence-corrected chi connectivity index (χ0v) is 14.7. The molecule has 0 saturated carbocycles. The summed E-state index contributed by atoms with van der Waals surface area (Å²) >= 11 is 0. The number of carbonyl (C=O) groups excluding carboxylic acids is 1. The second-order valence-electron chi connectivity index (χ2n) is 6.02. The summed E-state index contributed by atoms with van der Waals surface area (Å²) in [6.45, 7) is 1.70. The summed E-state index contributed by atoms with van der Waals surface area (Å²) in [5.41, 5.74) is 2.23. The van der Waals surface area contributed by atoms with Gasteiger partial charge < -0.3 is 9.26 Å². The monoisotopic (exact) mass is 375 g/mol. The van der Waals surface area contributed by atoms with Crippen molar-refractivity contribution in [3.63, 3.8) is 0 Å². The van der Waals surface area contributed by atoms with Crippen LogP contribution in [-0.2, 0) is 9.53 Å². The van der Waals surface area contributed by atoms with E-state index >= 15 is 0 Å². The molecule has 0 N–H and O–H groups in total. The average molecular weight is 375 g/mol. The van der Waals surface area contributed by atoms with Crippen LogP contribution in [0.1, 0.15) is 16.9 Å². The van der Waals surface area contributed by atoms with Crippen molar-refractivity contribution in [3.05, 3.63) is 87.3 Å². The smallest absolute Gasteiger partial charge is 0.363 e. The lowest BCUT2D eigenvalue weighted by Gasteiger charge is -2.01. The fraction of sp³-hybridized carbons (Fsp3) is 0.0500. The highest BCUT2D eigenvalue weighted by molar-refractivity contribution is 6.15. The largest absolute Gasteiger partial charge is 0.402 e. The van der Waals surface area contributed by atoms with Crippen LogP contribution in [0.15, 0.2) is 69.8 Å². The van der Waals surface area contributed by atoms with Crippen LogP contribution in [0.2, 0.25) is 0 Å². The number of hydrogen-bond donors (Lipinski definition) is 0. The first kappa shape index (κ1) is 17.3. The highest BCUT2D eigenvalue weighted by Gasteiger charge is 2.30. The Morgan fingerprint density at radius 2 is 1.89 bits per heavy atom. The van der Waals surface area contributed by atoms with Gasteiger partial charge in [-0.05, 0) is 18.6 Å². The van der Waals surface area contributed by atoms with Crippen LogP contribution >= 0.6 is 0 Å². The Balaban J connectivity index is 1.74. The molecule has 1 aromatic heterocycles. The Labute approximate surface area is 158 Å². The van der Waals surface area contributed by atoms with Crippen LogP contribution in [0.25, 0.3) is 17.3 Å². The van der Waals surface area contributed by atoms with Crippen molar-refractivity contribution in [2.24, 2.45) is 4.99 Å². The van der Waals surface area contributed by atoms with E-state index < -0.39 is 10.9 Å². The van der Waals surface area contributed by atoms with Gasteiger partial charge in [0.2, 0.25) is 5.90 Å². The van der Waals surface area contributed by atoms with Gasteiger partial charge in [0, 0.05) is 17.7 Å². The van der Waals surface area contributed by atoms with E-state index in [9.17, 15) is 14.9 Å². The van der Waals surface area contributed by atoms with Crippen LogP contribution in [-0.4, -0.2) is 21.9 Å². The molecule has 0 amide bonds. The minimum Gasteiger partial charge on any atom is -0.402 e. The molecule has 0 radical (unpaired) electrons.